The zero-order chi connectivity index (χ0) is 10.2. The summed E-state index contributed by atoms with van der Waals surface area (Å²) in [4.78, 5) is 22.8. The molecule has 2 fully saturated rings. The molecule has 78 valence electrons. The van der Waals surface area contributed by atoms with Gasteiger partial charge in [0.05, 0.1) is 0 Å². The molecule has 0 radical (unpaired) electrons. The molecule has 4 nitrogen and oxygen atoms in total. The number of rotatable bonds is 2. The summed E-state index contributed by atoms with van der Waals surface area (Å²) >= 11 is 0. The number of imide groups is 1. The molecule has 2 aliphatic rings. The van der Waals surface area contributed by atoms with E-state index in [1.807, 2.05) is 0 Å². The van der Waals surface area contributed by atoms with E-state index >= 15 is 0 Å². The van der Waals surface area contributed by atoms with Crippen molar-refractivity contribution in [1.82, 2.24) is 10.6 Å². The Kier molecular flexibility index (Phi) is 2.21. The van der Waals surface area contributed by atoms with Crippen LogP contribution in [0.5, 0.6) is 0 Å². The van der Waals surface area contributed by atoms with E-state index in [1.54, 1.807) is 0 Å². The second-order valence-corrected chi connectivity index (χ2v) is 4.26. The highest BCUT2D eigenvalue weighted by molar-refractivity contribution is 6.07. The van der Waals surface area contributed by atoms with Crippen molar-refractivity contribution in [2.75, 3.05) is 0 Å². The van der Waals surface area contributed by atoms with Crippen molar-refractivity contribution in [2.45, 2.75) is 44.6 Å². The number of amides is 3. The van der Waals surface area contributed by atoms with Crippen LogP contribution in [0, 0.1) is 5.92 Å². The second kappa shape index (κ2) is 3.26. The van der Waals surface area contributed by atoms with Crippen molar-refractivity contribution >= 4 is 11.9 Å². The summed E-state index contributed by atoms with van der Waals surface area (Å²) in [6.45, 7) is 2.11. The van der Waals surface area contributed by atoms with Crippen LogP contribution in [-0.4, -0.2) is 17.5 Å². The quantitative estimate of drug-likeness (QED) is 0.651. The lowest BCUT2D eigenvalue weighted by atomic mass is 9.84. The first-order chi connectivity index (χ1) is 6.69. The number of urea groups is 1. The van der Waals surface area contributed by atoms with Gasteiger partial charge in [0, 0.05) is 0 Å². The summed E-state index contributed by atoms with van der Waals surface area (Å²) in [6, 6.07) is -0.321. The number of carbonyl (C=O) groups excluding carboxylic acids is 2. The molecular weight excluding hydrogens is 180 g/mol. The third kappa shape index (κ3) is 1.21. The fraction of sp³-hybridized carbons (Fsp3) is 0.800. The average Bonchev–Trinajstić information content (AvgIpc) is 2.61. The molecule has 1 spiro atoms. The third-order valence-electron chi connectivity index (χ3n) is 3.43. The molecule has 0 aromatic heterocycles. The summed E-state index contributed by atoms with van der Waals surface area (Å²) in [5, 5.41) is 5.16. The lowest BCUT2D eigenvalue weighted by molar-refractivity contribution is -0.125. The monoisotopic (exact) mass is 196 g/mol. The van der Waals surface area contributed by atoms with E-state index in [0.717, 1.165) is 32.1 Å². The number of nitrogens with one attached hydrogen (secondary N) is 2. The van der Waals surface area contributed by atoms with Crippen molar-refractivity contribution in [1.29, 1.82) is 0 Å². The molecule has 0 unspecified atom stereocenters. The minimum Gasteiger partial charge on any atom is -0.323 e. The first-order valence-electron chi connectivity index (χ1n) is 5.32. The molecule has 3 amide bonds. The first-order valence-corrected chi connectivity index (χ1v) is 5.32. The molecule has 1 saturated heterocycles. The van der Waals surface area contributed by atoms with Crippen LogP contribution >= 0.6 is 0 Å². The van der Waals surface area contributed by atoms with E-state index in [9.17, 15) is 9.59 Å². The normalized spacial score (nSPS) is 36.2. The zero-order valence-corrected chi connectivity index (χ0v) is 8.43. The van der Waals surface area contributed by atoms with E-state index in [0.29, 0.717) is 5.92 Å². The van der Waals surface area contributed by atoms with Crippen LogP contribution in [0.4, 0.5) is 4.79 Å². The summed E-state index contributed by atoms with van der Waals surface area (Å²) in [5.74, 6) is 0.220. The van der Waals surface area contributed by atoms with E-state index < -0.39 is 5.54 Å². The Bertz CT molecular complexity index is 277. The summed E-state index contributed by atoms with van der Waals surface area (Å²) in [5.41, 5.74) is -0.562. The summed E-state index contributed by atoms with van der Waals surface area (Å²) < 4.78 is 0. The van der Waals surface area contributed by atoms with Crippen LogP contribution in [0.15, 0.2) is 0 Å². The number of hydrogen-bond donors (Lipinski definition) is 2. The van der Waals surface area contributed by atoms with Crippen LogP contribution in [0.3, 0.4) is 0 Å². The van der Waals surface area contributed by atoms with E-state index in [-0.39, 0.29) is 11.9 Å². The molecule has 0 aromatic carbocycles. The zero-order valence-electron chi connectivity index (χ0n) is 8.43. The number of carbonyl (C=O) groups is 2. The average molecular weight is 196 g/mol. The highest BCUT2D eigenvalue weighted by Crippen LogP contribution is 2.40. The molecule has 2 atom stereocenters. The molecule has 0 bridgehead atoms. The molecule has 14 heavy (non-hydrogen) atoms. The van der Waals surface area contributed by atoms with Gasteiger partial charge >= 0.3 is 6.03 Å². The fourth-order valence-corrected chi connectivity index (χ4v) is 2.79. The smallest absolute Gasteiger partial charge is 0.322 e. The van der Waals surface area contributed by atoms with Gasteiger partial charge < -0.3 is 5.32 Å². The topological polar surface area (TPSA) is 58.2 Å². The fourth-order valence-electron chi connectivity index (χ4n) is 2.79. The molecule has 1 saturated carbocycles. The van der Waals surface area contributed by atoms with Gasteiger partial charge in [0.25, 0.3) is 5.91 Å². The lowest BCUT2D eigenvalue weighted by Crippen LogP contribution is -2.49. The van der Waals surface area contributed by atoms with Gasteiger partial charge in [-0.3, -0.25) is 10.1 Å². The molecule has 2 rings (SSSR count). The van der Waals surface area contributed by atoms with E-state index in [4.69, 9.17) is 0 Å². The Morgan fingerprint density at radius 2 is 2.29 bits per heavy atom. The van der Waals surface area contributed by atoms with Gasteiger partial charge in [0.15, 0.2) is 0 Å². The maximum absolute atomic E-state index is 11.7. The number of hydrogen-bond acceptors (Lipinski definition) is 2. The van der Waals surface area contributed by atoms with Gasteiger partial charge in [-0.05, 0) is 25.2 Å². The minimum atomic E-state index is -0.562. The Morgan fingerprint density at radius 1 is 1.50 bits per heavy atom. The molecule has 1 aliphatic carbocycles. The maximum atomic E-state index is 11.7. The van der Waals surface area contributed by atoms with Crippen molar-refractivity contribution in [3.63, 3.8) is 0 Å². The van der Waals surface area contributed by atoms with Crippen molar-refractivity contribution in [3.8, 4) is 0 Å². The van der Waals surface area contributed by atoms with Gasteiger partial charge in [-0.2, -0.15) is 0 Å². The second-order valence-electron chi connectivity index (χ2n) is 4.26. The highest BCUT2D eigenvalue weighted by atomic mass is 16.2. The van der Waals surface area contributed by atoms with E-state index in [2.05, 4.69) is 17.6 Å². The van der Waals surface area contributed by atoms with Gasteiger partial charge in [0.1, 0.15) is 5.54 Å². The largest absolute Gasteiger partial charge is 0.323 e. The van der Waals surface area contributed by atoms with Gasteiger partial charge in [-0.25, -0.2) is 4.79 Å². The van der Waals surface area contributed by atoms with Crippen LogP contribution in [0.2, 0.25) is 0 Å². The molecule has 1 aliphatic heterocycles. The SMILES string of the molecule is CCC[C@H]1CCC[C@@]12NC(=O)NC2=O. The first kappa shape index (κ1) is 9.49. The molecule has 1 heterocycles. The summed E-state index contributed by atoms with van der Waals surface area (Å²) in [7, 11) is 0. The molecular formula is C10H16N2O2. The Labute approximate surface area is 83.4 Å². The molecule has 4 heteroatoms. The Morgan fingerprint density at radius 3 is 2.86 bits per heavy atom. The van der Waals surface area contributed by atoms with Crippen LogP contribution in [-0.2, 0) is 4.79 Å². The molecule has 2 N–H and O–H groups in total. The molecule has 0 aromatic rings. The van der Waals surface area contributed by atoms with Crippen LogP contribution < -0.4 is 10.6 Å². The maximum Gasteiger partial charge on any atom is 0.322 e. The Balaban J connectivity index is 2.21. The predicted octanol–water partition coefficient (Wildman–Crippen LogP) is 1.16. The van der Waals surface area contributed by atoms with Gasteiger partial charge in [-0.1, -0.05) is 19.8 Å². The van der Waals surface area contributed by atoms with Crippen molar-refractivity contribution in [3.05, 3.63) is 0 Å². The van der Waals surface area contributed by atoms with E-state index in [1.165, 1.54) is 0 Å². The van der Waals surface area contributed by atoms with Crippen LogP contribution in [0.1, 0.15) is 39.0 Å². The van der Waals surface area contributed by atoms with Crippen LogP contribution in [0.25, 0.3) is 0 Å². The predicted molar refractivity (Wildman–Crippen MR) is 51.7 cm³/mol. The highest BCUT2D eigenvalue weighted by Gasteiger charge is 2.53. The third-order valence-corrected chi connectivity index (χ3v) is 3.43. The lowest BCUT2D eigenvalue weighted by Gasteiger charge is -2.27. The Hall–Kier alpha value is -1.06. The van der Waals surface area contributed by atoms with Gasteiger partial charge in [0.2, 0.25) is 0 Å². The van der Waals surface area contributed by atoms with Crippen molar-refractivity contribution < 1.29 is 9.59 Å². The van der Waals surface area contributed by atoms with Crippen molar-refractivity contribution in [2.24, 2.45) is 5.92 Å². The standard InChI is InChI=1S/C10H16N2O2/c1-2-4-7-5-3-6-10(7)8(13)11-9(14)12-10/h7H,2-6H2,1H3,(H2,11,12,13,14)/t7-,10+/m0/s1. The minimum absolute atomic E-state index is 0.113. The van der Waals surface area contributed by atoms with Gasteiger partial charge in [-0.15, -0.1) is 0 Å². The summed E-state index contributed by atoms with van der Waals surface area (Å²) in [6.07, 6.45) is 4.98.